The van der Waals surface area contributed by atoms with Gasteiger partial charge in [0.2, 0.25) is 0 Å². The minimum Gasteiger partial charge on any atom is -0.256 e. The number of fused-ring (bicyclic) bond motifs is 2. The monoisotopic (exact) mass is 344 g/mol. The van der Waals surface area contributed by atoms with Crippen LogP contribution in [0.25, 0.3) is 0 Å². The van der Waals surface area contributed by atoms with Crippen molar-refractivity contribution in [3.63, 3.8) is 0 Å². The van der Waals surface area contributed by atoms with Gasteiger partial charge in [-0.3, -0.25) is 9.97 Å². The molecule has 2 aromatic rings. The zero-order chi connectivity index (χ0) is 15.6. The summed E-state index contributed by atoms with van der Waals surface area (Å²) >= 11 is 0. The van der Waals surface area contributed by atoms with Crippen molar-refractivity contribution in [3.05, 3.63) is 33.8 Å². The first-order valence-corrected chi connectivity index (χ1v) is 11.2. The van der Waals surface area contributed by atoms with E-state index < -0.39 is 0 Å². The molecule has 6 heteroatoms. The number of rotatable bonds is 0. The molecular formula is C17H22N4P2+2. The highest BCUT2D eigenvalue weighted by atomic mass is 31.2. The first-order chi connectivity index (χ1) is 11.2. The Bertz CT molecular complexity index is 799. The van der Waals surface area contributed by atoms with Crippen molar-refractivity contribution in [1.29, 1.82) is 0 Å². The second-order valence-electron chi connectivity index (χ2n) is 6.79. The van der Waals surface area contributed by atoms with E-state index in [4.69, 9.17) is 9.97 Å². The van der Waals surface area contributed by atoms with Crippen LogP contribution in [-0.2, 0) is 5.15 Å². The van der Waals surface area contributed by atoms with E-state index >= 15 is 0 Å². The third-order valence-corrected chi connectivity index (χ3v) is 11.9. The Kier molecular flexibility index (Phi) is 3.00. The Hall–Kier alpha value is -1.24. The third kappa shape index (κ3) is 1.69. The molecule has 23 heavy (non-hydrogen) atoms. The van der Waals surface area contributed by atoms with Crippen molar-refractivity contribution < 1.29 is 9.15 Å². The van der Waals surface area contributed by atoms with Gasteiger partial charge >= 0.3 is 5.15 Å². The third-order valence-electron chi connectivity index (χ3n) is 5.43. The largest absolute Gasteiger partial charge is 0.424 e. The lowest BCUT2D eigenvalue weighted by Crippen LogP contribution is -2.39. The summed E-state index contributed by atoms with van der Waals surface area (Å²) < 4.78 is 5.39. The molecule has 5 heterocycles. The van der Waals surface area contributed by atoms with Crippen LogP contribution in [0, 0.1) is 13.8 Å². The molecule has 4 nitrogen and oxygen atoms in total. The molecule has 1 saturated heterocycles. The van der Waals surface area contributed by atoms with Gasteiger partial charge in [0.05, 0.1) is 36.5 Å². The minimum atomic E-state index is -0.389. The van der Waals surface area contributed by atoms with Crippen molar-refractivity contribution in [2.45, 2.75) is 44.7 Å². The SMILES string of the molecule is Cc1ncc2p1C13[N+](=C2)CCCCCC[N+]1=Cc1cnc(C)p13. The molecule has 5 rings (SSSR count). The quantitative estimate of drug-likeness (QED) is 0.683. The Morgan fingerprint density at radius 1 is 0.826 bits per heavy atom. The van der Waals surface area contributed by atoms with E-state index in [0.717, 1.165) is 0 Å². The molecule has 0 N–H and O–H groups in total. The zero-order valence-electron chi connectivity index (χ0n) is 13.7. The number of nitrogens with zero attached hydrogens (tertiary/aromatic N) is 4. The summed E-state index contributed by atoms with van der Waals surface area (Å²) in [6.45, 7) is 6.83. The molecule has 0 amide bonds. The highest BCUT2D eigenvalue weighted by Gasteiger charge is 2.65. The van der Waals surface area contributed by atoms with Crippen LogP contribution in [0.3, 0.4) is 0 Å². The van der Waals surface area contributed by atoms with Crippen molar-refractivity contribution in [2.75, 3.05) is 13.1 Å². The normalized spacial score (nSPS) is 27.0. The Morgan fingerprint density at radius 3 is 1.78 bits per heavy atom. The minimum absolute atomic E-state index is 0.0981. The van der Waals surface area contributed by atoms with E-state index in [9.17, 15) is 0 Å². The van der Waals surface area contributed by atoms with Crippen LogP contribution in [0.1, 0.15) is 47.1 Å². The predicted octanol–water partition coefficient (Wildman–Crippen LogP) is 3.65. The molecule has 0 bridgehead atoms. The van der Waals surface area contributed by atoms with Crippen molar-refractivity contribution >= 4 is 27.5 Å². The van der Waals surface area contributed by atoms with Crippen LogP contribution in [-0.4, -0.2) is 44.6 Å². The predicted molar refractivity (Wildman–Crippen MR) is 95.8 cm³/mol. The highest BCUT2D eigenvalue weighted by molar-refractivity contribution is 7.70. The van der Waals surface area contributed by atoms with Gasteiger partial charge in [-0.15, -0.1) is 0 Å². The van der Waals surface area contributed by atoms with E-state index in [1.807, 2.05) is 0 Å². The molecule has 3 aliphatic heterocycles. The summed E-state index contributed by atoms with van der Waals surface area (Å²) in [4.78, 5) is 9.44. The first-order valence-electron chi connectivity index (χ1n) is 8.56. The van der Waals surface area contributed by atoms with Crippen LogP contribution in [0.5, 0.6) is 0 Å². The fraction of sp³-hybridized carbons (Fsp3) is 0.529. The van der Waals surface area contributed by atoms with Crippen LogP contribution >= 0.6 is 15.1 Å². The van der Waals surface area contributed by atoms with E-state index in [1.165, 1.54) is 60.2 Å². The number of hydrogen-bond acceptors (Lipinski definition) is 2. The molecule has 1 fully saturated rings. The van der Waals surface area contributed by atoms with Gasteiger partial charge in [0.1, 0.15) is 0 Å². The Morgan fingerprint density at radius 2 is 1.30 bits per heavy atom. The van der Waals surface area contributed by atoms with Crippen molar-refractivity contribution in [2.24, 2.45) is 0 Å². The molecule has 0 aromatic carbocycles. The molecule has 0 radical (unpaired) electrons. The molecule has 118 valence electrons. The smallest absolute Gasteiger partial charge is 0.256 e. The molecular weight excluding hydrogens is 322 g/mol. The first kappa shape index (κ1) is 14.1. The van der Waals surface area contributed by atoms with Crippen LogP contribution in [0.4, 0.5) is 0 Å². The summed E-state index contributed by atoms with van der Waals surface area (Å²) in [7, 11) is -0.777. The van der Waals surface area contributed by atoms with E-state index in [0.29, 0.717) is 0 Å². The average Bonchev–Trinajstić information content (AvgIpc) is 3.22. The topological polar surface area (TPSA) is 31.8 Å². The lowest BCUT2D eigenvalue weighted by Gasteiger charge is -2.23. The van der Waals surface area contributed by atoms with Gasteiger partial charge in [-0.2, -0.15) is 9.15 Å². The Labute approximate surface area is 138 Å². The molecule has 2 atom stereocenters. The van der Waals surface area contributed by atoms with Crippen molar-refractivity contribution in [3.8, 4) is 0 Å². The summed E-state index contributed by atoms with van der Waals surface area (Å²) in [5.41, 5.74) is 2.68. The van der Waals surface area contributed by atoms with Crippen molar-refractivity contribution in [1.82, 2.24) is 9.97 Å². The molecule has 2 unspecified atom stereocenters. The van der Waals surface area contributed by atoms with Gasteiger partial charge in [-0.1, -0.05) is 0 Å². The molecule has 0 aliphatic carbocycles. The summed E-state index contributed by atoms with van der Waals surface area (Å²) in [6, 6.07) is 0. The van der Waals surface area contributed by atoms with Gasteiger partial charge in [-0.05, 0) is 26.7 Å². The summed E-state index contributed by atoms with van der Waals surface area (Å²) in [5.74, 6) is 0. The van der Waals surface area contributed by atoms with E-state index in [2.05, 4.69) is 47.8 Å². The molecule has 0 saturated carbocycles. The number of hydrogen-bond donors (Lipinski definition) is 0. The van der Waals surface area contributed by atoms with Gasteiger partial charge in [0.25, 0.3) is 0 Å². The molecule has 1 spiro atoms. The molecule has 2 aromatic heterocycles. The summed E-state index contributed by atoms with van der Waals surface area (Å²) in [5, 5.41) is 3.04. The second-order valence-corrected chi connectivity index (χ2v) is 12.1. The Balaban J connectivity index is 1.86. The van der Waals surface area contributed by atoms with Gasteiger partial charge < -0.3 is 0 Å². The maximum Gasteiger partial charge on any atom is 0.424 e. The average molecular weight is 344 g/mol. The number of aryl methyl sites for hydroxylation is 2. The second kappa shape index (κ2) is 4.88. The fourth-order valence-electron chi connectivity index (χ4n) is 4.50. The van der Waals surface area contributed by atoms with Gasteiger partial charge in [-0.25, -0.2) is 0 Å². The summed E-state index contributed by atoms with van der Waals surface area (Å²) in [6.07, 6.45) is 14.5. The fourth-order valence-corrected chi connectivity index (χ4v) is 12.0. The highest BCUT2D eigenvalue weighted by Crippen LogP contribution is 2.70. The number of aromatic nitrogens is 2. The molecule has 3 aliphatic rings. The van der Waals surface area contributed by atoms with E-state index in [1.54, 1.807) is 0 Å². The van der Waals surface area contributed by atoms with Gasteiger partial charge in [0.15, 0.2) is 25.5 Å². The van der Waals surface area contributed by atoms with Crippen LogP contribution < -0.4 is 0 Å². The lowest BCUT2D eigenvalue weighted by molar-refractivity contribution is -0.783. The maximum absolute atomic E-state index is 4.72. The van der Waals surface area contributed by atoms with E-state index in [-0.39, 0.29) is 20.2 Å². The lowest BCUT2D eigenvalue weighted by atomic mass is 10.2. The zero-order valence-corrected chi connectivity index (χ0v) is 15.5. The van der Waals surface area contributed by atoms with Gasteiger partial charge in [0, 0.05) is 25.2 Å². The van der Waals surface area contributed by atoms with Crippen LogP contribution in [0.2, 0.25) is 0 Å². The standard InChI is InChI=1S/C17H22N4P2/c1-13-18-9-15-11-20-7-5-3-4-6-8-21-12-16-10-19-14(2)23(16)17(20,21)22(13)15/h9-12H,3-8H2,1-2H3/q+2. The maximum atomic E-state index is 4.72. The van der Waals surface area contributed by atoms with Crippen LogP contribution in [0.15, 0.2) is 12.4 Å².